The van der Waals surface area contributed by atoms with Gasteiger partial charge in [-0.1, -0.05) is 19.3 Å². The zero-order valence-corrected chi connectivity index (χ0v) is 13.3. The van der Waals surface area contributed by atoms with E-state index in [1.807, 2.05) is 17.9 Å². The van der Waals surface area contributed by atoms with Gasteiger partial charge in [0.15, 0.2) is 0 Å². The lowest BCUT2D eigenvalue weighted by atomic mass is 9.82. The Hall–Kier alpha value is -1.49. The zero-order chi connectivity index (χ0) is 15.6. The Morgan fingerprint density at radius 2 is 2.14 bits per heavy atom. The predicted octanol–water partition coefficient (Wildman–Crippen LogP) is 2.53. The van der Waals surface area contributed by atoms with Gasteiger partial charge in [-0.3, -0.25) is 4.79 Å². The molecule has 1 N–H and O–H groups in total. The number of amides is 1. The molecule has 1 saturated heterocycles. The number of aliphatic hydroxyl groups is 1. The standard InChI is InChI=1S/C17H25N3O2/c1-13-18-10-7-14(19-13)15-6-5-11-20(15)16(21)12-17(22)8-3-2-4-9-17/h7,10,15,22H,2-6,8-9,11-12H2,1H3/t15-/m1/s1. The minimum absolute atomic E-state index is 0.0430. The summed E-state index contributed by atoms with van der Waals surface area (Å²) in [5.74, 6) is 0.811. The molecule has 1 aromatic heterocycles. The average molecular weight is 303 g/mol. The third-order valence-electron chi connectivity index (χ3n) is 4.98. The predicted molar refractivity (Wildman–Crippen MR) is 83.1 cm³/mol. The molecule has 5 heteroatoms. The number of likely N-dealkylation sites (tertiary alicyclic amines) is 1. The fourth-order valence-electron chi connectivity index (χ4n) is 3.80. The van der Waals surface area contributed by atoms with Crippen molar-refractivity contribution in [3.05, 3.63) is 23.8 Å². The first kappa shape index (κ1) is 15.4. The highest BCUT2D eigenvalue weighted by molar-refractivity contribution is 5.78. The Morgan fingerprint density at radius 1 is 1.36 bits per heavy atom. The van der Waals surface area contributed by atoms with Gasteiger partial charge in [0.05, 0.1) is 23.8 Å². The molecular weight excluding hydrogens is 278 g/mol. The van der Waals surface area contributed by atoms with Gasteiger partial charge in [-0.15, -0.1) is 0 Å². The molecule has 0 radical (unpaired) electrons. The molecule has 2 fully saturated rings. The fourth-order valence-corrected chi connectivity index (χ4v) is 3.80. The van der Waals surface area contributed by atoms with Gasteiger partial charge in [-0.05, 0) is 38.7 Å². The van der Waals surface area contributed by atoms with E-state index in [9.17, 15) is 9.90 Å². The van der Waals surface area contributed by atoms with E-state index >= 15 is 0 Å². The molecule has 0 aromatic carbocycles. The Kier molecular flexibility index (Phi) is 4.43. The van der Waals surface area contributed by atoms with Crippen molar-refractivity contribution < 1.29 is 9.90 Å². The fraction of sp³-hybridized carbons (Fsp3) is 0.706. The first-order valence-electron chi connectivity index (χ1n) is 8.39. The van der Waals surface area contributed by atoms with E-state index in [4.69, 9.17) is 0 Å². The third kappa shape index (κ3) is 3.29. The topological polar surface area (TPSA) is 66.3 Å². The Labute approximate surface area is 131 Å². The van der Waals surface area contributed by atoms with Gasteiger partial charge in [-0.2, -0.15) is 0 Å². The molecule has 22 heavy (non-hydrogen) atoms. The molecule has 0 unspecified atom stereocenters. The molecule has 1 amide bonds. The van der Waals surface area contributed by atoms with Crippen molar-refractivity contribution in [2.75, 3.05) is 6.54 Å². The smallest absolute Gasteiger partial charge is 0.226 e. The second-order valence-corrected chi connectivity index (χ2v) is 6.74. The van der Waals surface area contributed by atoms with Crippen molar-refractivity contribution in [3.63, 3.8) is 0 Å². The van der Waals surface area contributed by atoms with Crippen LogP contribution in [0.4, 0.5) is 0 Å². The van der Waals surface area contributed by atoms with Crippen LogP contribution in [0.1, 0.15) is 68.9 Å². The molecule has 1 aromatic rings. The van der Waals surface area contributed by atoms with Crippen LogP contribution < -0.4 is 0 Å². The molecule has 1 aliphatic carbocycles. The SMILES string of the molecule is Cc1nccc([C@H]2CCCN2C(=O)CC2(O)CCCCC2)n1. The van der Waals surface area contributed by atoms with Crippen molar-refractivity contribution in [2.24, 2.45) is 0 Å². The molecule has 0 bridgehead atoms. The van der Waals surface area contributed by atoms with E-state index in [0.717, 1.165) is 56.6 Å². The zero-order valence-electron chi connectivity index (χ0n) is 13.3. The summed E-state index contributed by atoms with van der Waals surface area (Å²) in [6.07, 6.45) is 8.69. The second kappa shape index (κ2) is 6.32. The molecule has 2 aliphatic rings. The lowest BCUT2D eigenvalue weighted by Crippen LogP contribution is -2.40. The largest absolute Gasteiger partial charge is 0.389 e. The van der Waals surface area contributed by atoms with Crippen LogP contribution in [-0.2, 0) is 4.79 Å². The molecule has 3 rings (SSSR count). The molecular formula is C17H25N3O2. The number of carbonyl (C=O) groups excluding carboxylic acids is 1. The number of carbonyl (C=O) groups is 1. The van der Waals surface area contributed by atoms with Crippen LogP contribution in [0.25, 0.3) is 0 Å². The summed E-state index contributed by atoms with van der Waals surface area (Å²) in [6.45, 7) is 2.64. The molecule has 5 nitrogen and oxygen atoms in total. The van der Waals surface area contributed by atoms with Crippen LogP contribution in [0.2, 0.25) is 0 Å². The first-order valence-corrected chi connectivity index (χ1v) is 8.39. The average Bonchev–Trinajstić information content (AvgIpc) is 2.97. The van der Waals surface area contributed by atoms with Crippen molar-refractivity contribution in [3.8, 4) is 0 Å². The lowest BCUT2D eigenvalue weighted by molar-refractivity contribution is -0.138. The number of aryl methyl sites for hydroxylation is 1. The third-order valence-corrected chi connectivity index (χ3v) is 4.98. The molecule has 120 valence electrons. The summed E-state index contributed by atoms with van der Waals surface area (Å²) in [5.41, 5.74) is 0.137. The highest BCUT2D eigenvalue weighted by Crippen LogP contribution is 2.35. The highest BCUT2D eigenvalue weighted by atomic mass is 16.3. The number of hydrogen-bond acceptors (Lipinski definition) is 4. The summed E-state index contributed by atoms with van der Waals surface area (Å²) >= 11 is 0. The van der Waals surface area contributed by atoms with E-state index < -0.39 is 5.60 Å². The molecule has 1 aliphatic heterocycles. The lowest BCUT2D eigenvalue weighted by Gasteiger charge is -2.34. The van der Waals surface area contributed by atoms with Crippen LogP contribution in [0.3, 0.4) is 0 Å². The Balaban J connectivity index is 1.71. The monoisotopic (exact) mass is 303 g/mol. The van der Waals surface area contributed by atoms with Gasteiger partial charge >= 0.3 is 0 Å². The minimum atomic E-state index is -0.788. The first-order chi connectivity index (χ1) is 10.6. The van der Waals surface area contributed by atoms with Gasteiger partial charge in [0.25, 0.3) is 0 Å². The maximum absolute atomic E-state index is 12.7. The second-order valence-electron chi connectivity index (χ2n) is 6.74. The van der Waals surface area contributed by atoms with E-state index in [1.165, 1.54) is 6.42 Å². The van der Waals surface area contributed by atoms with E-state index in [-0.39, 0.29) is 18.4 Å². The van der Waals surface area contributed by atoms with E-state index in [0.29, 0.717) is 0 Å². The van der Waals surface area contributed by atoms with Crippen LogP contribution in [-0.4, -0.2) is 38.0 Å². The van der Waals surface area contributed by atoms with Crippen molar-refractivity contribution in [1.29, 1.82) is 0 Å². The van der Waals surface area contributed by atoms with Gasteiger partial charge < -0.3 is 10.0 Å². The van der Waals surface area contributed by atoms with Crippen LogP contribution in [0.5, 0.6) is 0 Å². The van der Waals surface area contributed by atoms with E-state index in [2.05, 4.69) is 9.97 Å². The van der Waals surface area contributed by atoms with Crippen LogP contribution >= 0.6 is 0 Å². The van der Waals surface area contributed by atoms with Gasteiger partial charge in [0.2, 0.25) is 5.91 Å². The summed E-state index contributed by atoms with van der Waals surface area (Å²) in [6, 6.07) is 1.94. The van der Waals surface area contributed by atoms with Gasteiger partial charge in [-0.25, -0.2) is 9.97 Å². The highest BCUT2D eigenvalue weighted by Gasteiger charge is 2.37. The number of nitrogens with zero attached hydrogens (tertiary/aromatic N) is 3. The summed E-state index contributed by atoms with van der Waals surface area (Å²) in [4.78, 5) is 23.2. The van der Waals surface area contributed by atoms with E-state index in [1.54, 1.807) is 6.20 Å². The maximum atomic E-state index is 12.7. The van der Waals surface area contributed by atoms with Crippen molar-refractivity contribution in [2.45, 2.75) is 69.9 Å². The summed E-state index contributed by atoms with van der Waals surface area (Å²) in [5, 5.41) is 10.6. The number of rotatable bonds is 3. The minimum Gasteiger partial charge on any atom is -0.389 e. The summed E-state index contributed by atoms with van der Waals surface area (Å²) < 4.78 is 0. The van der Waals surface area contributed by atoms with Crippen molar-refractivity contribution in [1.82, 2.24) is 14.9 Å². The normalized spacial score (nSPS) is 24.5. The Morgan fingerprint density at radius 3 is 2.86 bits per heavy atom. The molecule has 2 heterocycles. The summed E-state index contributed by atoms with van der Waals surface area (Å²) in [7, 11) is 0. The Bertz CT molecular complexity index is 540. The molecule has 1 atom stereocenters. The van der Waals surface area contributed by atoms with Gasteiger partial charge in [0, 0.05) is 12.7 Å². The van der Waals surface area contributed by atoms with Crippen molar-refractivity contribution >= 4 is 5.91 Å². The molecule has 0 spiro atoms. The number of hydrogen-bond donors (Lipinski definition) is 1. The molecule has 1 saturated carbocycles. The quantitative estimate of drug-likeness (QED) is 0.932. The van der Waals surface area contributed by atoms with Crippen LogP contribution in [0, 0.1) is 6.92 Å². The maximum Gasteiger partial charge on any atom is 0.226 e. The number of aromatic nitrogens is 2. The van der Waals surface area contributed by atoms with Crippen LogP contribution in [0.15, 0.2) is 12.3 Å². The van der Waals surface area contributed by atoms with Gasteiger partial charge in [0.1, 0.15) is 5.82 Å².